The molecule has 0 aliphatic heterocycles. The van der Waals surface area contributed by atoms with E-state index >= 15 is 0 Å². The van der Waals surface area contributed by atoms with Gasteiger partial charge < -0.3 is 4.42 Å². The van der Waals surface area contributed by atoms with Crippen LogP contribution in [0, 0.1) is 0 Å². The zero-order chi connectivity index (χ0) is 56.0. The van der Waals surface area contributed by atoms with Crippen molar-refractivity contribution < 1.29 is 4.42 Å². The van der Waals surface area contributed by atoms with E-state index in [0.29, 0.717) is 5.89 Å². The Balaban J connectivity index is 0.000000148. The Labute approximate surface area is 489 Å². The summed E-state index contributed by atoms with van der Waals surface area (Å²) in [6, 6.07) is 103. The Kier molecular flexibility index (Phi) is 11.2. The fourth-order valence-electron chi connectivity index (χ4n) is 13.1. The highest BCUT2D eigenvalue weighted by Crippen LogP contribution is 2.42. The number of hydrogen-bond donors (Lipinski definition) is 0. The van der Waals surface area contributed by atoms with E-state index in [1.165, 1.54) is 114 Å². The highest BCUT2D eigenvalue weighted by molar-refractivity contribution is 6.27. The molecule has 4 nitrogen and oxygen atoms in total. The Morgan fingerprint density at radius 3 is 1.20 bits per heavy atom. The number of pyridine rings is 2. The van der Waals surface area contributed by atoms with Gasteiger partial charge >= 0.3 is 0 Å². The van der Waals surface area contributed by atoms with Crippen LogP contribution in [0.4, 0.5) is 0 Å². The third-order valence-electron chi connectivity index (χ3n) is 17.3. The molecule has 0 aliphatic rings. The quantitative estimate of drug-likeness (QED) is 0.161. The smallest absolute Gasteiger partial charge is 0.227 e. The van der Waals surface area contributed by atoms with Crippen LogP contribution in [0.2, 0.25) is 0 Å². The second kappa shape index (κ2) is 19.7. The molecule has 0 aliphatic carbocycles. The molecule has 85 heavy (non-hydrogen) atoms. The summed E-state index contributed by atoms with van der Waals surface area (Å²) in [6.07, 6.45) is 3.80. The van der Waals surface area contributed by atoms with Gasteiger partial charge in [-0.3, -0.25) is 9.97 Å². The Morgan fingerprint density at radius 2 is 0.612 bits per heavy atom. The van der Waals surface area contributed by atoms with E-state index in [9.17, 15) is 0 Å². The number of aromatic nitrogens is 3. The summed E-state index contributed by atoms with van der Waals surface area (Å²) in [6.45, 7) is 0. The molecule has 0 saturated heterocycles. The van der Waals surface area contributed by atoms with Gasteiger partial charge in [0.15, 0.2) is 5.58 Å². The van der Waals surface area contributed by atoms with Crippen LogP contribution in [0.5, 0.6) is 0 Å². The van der Waals surface area contributed by atoms with Gasteiger partial charge in [0.2, 0.25) is 5.89 Å². The topological polar surface area (TPSA) is 51.8 Å². The molecule has 3 aromatic heterocycles. The minimum atomic E-state index is 0.648. The predicted molar refractivity (Wildman–Crippen MR) is 358 cm³/mol. The van der Waals surface area contributed by atoms with E-state index in [-0.39, 0.29) is 0 Å². The lowest BCUT2D eigenvalue weighted by Crippen LogP contribution is -1.88. The molecule has 0 radical (unpaired) electrons. The maximum Gasteiger partial charge on any atom is 0.227 e. The second-order valence-electron chi connectivity index (χ2n) is 22.3. The molecule has 0 bridgehead atoms. The average Bonchev–Trinajstić information content (AvgIpc) is 2.31. The van der Waals surface area contributed by atoms with E-state index in [4.69, 9.17) is 9.40 Å². The minimum absolute atomic E-state index is 0.648. The van der Waals surface area contributed by atoms with Gasteiger partial charge in [-0.1, -0.05) is 212 Å². The number of rotatable bonds is 5. The monoisotopic (exact) mass is 1080 g/mol. The lowest BCUT2D eigenvalue weighted by molar-refractivity contribution is 0.620. The summed E-state index contributed by atoms with van der Waals surface area (Å²) in [5.74, 6) is 0.648. The van der Waals surface area contributed by atoms with Crippen molar-refractivity contribution in [2.45, 2.75) is 0 Å². The molecule has 0 N–H and O–H groups in total. The lowest BCUT2D eigenvalue weighted by atomic mass is 9.90. The molecule has 3 heterocycles. The van der Waals surface area contributed by atoms with Crippen molar-refractivity contribution in [3.8, 4) is 56.0 Å². The van der Waals surface area contributed by atoms with E-state index < -0.39 is 0 Å². The Hall–Kier alpha value is -11.3. The average molecular weight is 1080 g/mol. The van der Waals surface area contributed by atoms with Crippen LogP contribution in [-0.4, -0.2) is 15.0 Å². The van der Waals surface area contributed by atoms with Crippen LogP contribution < -0.4 is 0 Å². The summed E-state index contributed by atoms with van der Waals surface area (Å²) in [5.41, 5.74) is 14.0. The zero-order valence-corrected chi connectivity index (χ0v) is 46.0. The summed E-state index contributed by atoms with van der Waals surface area (Å²) in [4.78, 5) is 14.1. The van der Waals surface area contributed by atoms with Crippen molar-refractivity contribution in [1.82, 2.24) is 15.0 Å². The molecule has 0 unspecified atom stereocenters. The van der Waals surface area contributed by atoms with Gasteiger partial charge in [0.25, 0.3) is 0 Å². The fraction of sp³-hybridized carbons (Fsp3) is 0. The normalized spacial score (nSPS) is 11.8. The number of hydrogen-bond acceptors (Lipinski definition) is 4. The van der Waals surface area contributed by atoms with Crippen molar-refractivity contribution in [3.63, 3.8) is 0 Å². The van der Waals surface area contributed by atoms with E-state index in [0.717, 1.165) is 55.2 Å². The van der Waals surface area contributed by atoms with Crippen LogP contribution >= 0.6 is 0 Å². The number of fused-ring (bicyclic) bond motifs is 18. The summed E-state index contributed by atoms with van der Waals surface area (Å²) in [7, 11) is 0. The first-order chi connectivity index (χ1) is 42.1. The van der Waals surface area contributed by atoms with Crippen molar-refractivity contribution in [2.75, 3.05) is 0 Å². The minimum Gasteiger partial charge on any atom is -0.436 e. The largest absolute Gasteiger partial charge is 0.436 e. The third kappa shape index (κ3) is 8.33. The Bertz CT molecular complexity index is 5670. The summed E-state index contributed by atoms with van der Waals surface area (Å²) < 4.78 is 6.01. The molecule has 18 aromatic rings. The molecule has 0 saturated carbocycles. The standard InChI is InChI=1S/C50H30N2.C31H19NO/c1-2-7-33-24-36(13-11-31(33)6-1)39-19-21-45-46-22-20-40(29-48(46)44-10-4-3-9-43(44)47(45)28-39)37-15-14-35-26-38(17-16-34(35)25-37)42-27-41-18-12-32-8-5-23-51-49(32)50(41)52-30-42;1-2-12-25-23(10-1)24-11-3-4-13-26(24)28-19-21(16-17-27(25)28)20-8-7-9-22(18-20)31-32-29-14-5-6-15-30(29)33-31/h1-30H;1-19H. The molecular weight excluding hydrogens is 1030 g/mol. The zero-order valence-electron chi connectivity index (χ0n) is 46.0. The lowest BCUT2D eigenvalue weighted by Gasteiger charge is -2.14. The van der Waals surface area contributed by atoms with Crippen molar-refractivity contribution in [3.05, 3.63) is 298 Å². The number of para-hydroxylation sites is 2. The van der Waals surface area contributed by atoms with Crippen LogP contribution in [-0.2, 0) is 0 Å². The van der Waals surface area contributed by atoms with E-state index in [1.54, 1.807) is 0 Å². The van der Waals surface area contributed by atoms with Crippen LogP contribution in [0.1, 0.15) is 0 Å². The number of oxazole rings is 1. The summed E-state index contributed by atoms with van der Waals surface area (Å²) in [5, 5.41) is 22.6. The first-order valence-electron chi connectivity index (χ1n) is 28.9. The van der Waals surface area contributed by atoms with Crippen LogP contribution in [0.25, 0.3) is 175 Å². The van der Waals surface area contributed by atoms with Crippen LogP contribution in [0.15, 0.2) is 302 Å². The van der Waals surface area contributed by atoms with Gasteiger partial charge in [0, 0.05) is 34.3 Å². The molecule has 0 fully saturated rings. The molecule has 0 atom stereocenters. The molecule has 0 amide bonds. The van der Waals surface area contributed by atoms with Crippen molar-refractivity contribution >= 4 is 119 Å². The molecule has 0 spiro atoms. The van der Waals surface area contributed by atoms with Crippen molar-refractivity contribution in [2.24, 2.45) is 0 Å². The summed E-state index contributed by atoms with van der Waals surface area (Å²) >= 11 is 0. The predicted octanol–water partition coefficient (Wildman–Crippen LogP) is 22.2. The maximum absolute atomic E-state index is 6.01. The van der Waals surface area contributed by atoms with E-state index in [1.807, 2.05) is 42.7 Å². The molecular formula is C81H49N3O. The van der Waals surface area contributed by atoms with Gasteiger partial charge in [0.1, 0.15) is 5.52 Å². The molecule has 15 aromatic carbocycles. The van der Waals surface area contributed by atoms with Gasteiger partial charge in [0.05, 0.1) is 11.0 Å². The third-order valence-corrected chi connectivity index (χ3v) is 17.3. The number of benzene rings is 15. The van der Waals surface area contributed by atoms with Crippen molar-refractivity contribution in [1.29, 1.82) is 0 Å². The van der Waals surface area contributed by atoms with Gasteiger partial charge in [-0.05, 0) is 198 Å². The maximum atomic E-state index is 6.01. The van der Waals surface area contributed by atoms with Gasteiger partial charge in [-0.25, -0.2) is 4.98 Å². The molecule has 4 heteroatoms. The second-order valence-corrected chi connectivity index (χ2v) is 22.3. The molecule has 18 rings (SSSR count). The SMILES string of the molecule is c1cc(-c2ccc3c4ccccc4c4ccccc4c3c2)cc(-c2nc3ccccc3o2)c1.c1ccc2cc(-c3ccc4c5ccc(-c6ccc7cc(-c8cnc9c(ccc%10cccnc%109)c8)ccc7c6)cc5c5ccccc5c4c3)ccc2c1. The highest BCUT2D eigenvalue weighted by Gasteiger charge is 2.16. The van der Waals surface area contributed by atoms with Gasteiger partial charge in [-0.15, -0.1) is 0 Å². The van der Waals surface area contributed by atoms with Crippen LogP contribution in [0.3, 0.4) is 0 Å². The fourth-order valence-corrected chi connectivity index (χ4v) is 13.1. The van der Waals surface area contributed by atoms with Gasteiger partial charge in [-0.2, -0.15) is 0 Å². The first-order valence-corrected chi connectivity index (χ1v) is 28.9. The highest BCUT2D eigenvalue weighted by atomic mass is 16.3. The Morgan fingerprint density at radius 1 is 0.224 bits per heavy atom. The van der Waals surface area contributed by atoms with E-state index in [2.05, 4.69) is 265 Å². The number of nitrogens with zero attached hydrogens (tertiary/aromatic N) is 3. The molecule has 394 valence electrons. The first kappa shape index (κ1) is 48.4.